The van der Waals surface area contributed by atoms with Crippen molar-refractivity contribution in [2.75, 3.05) is 13.1 Å². The number of nitrogens with two attached hydrogens (primary N) is 1. The Balaban J connectivity index is 2.77. The van der Waals surface area contributed by atoms with Crippen LogP contribution in [0.1, 0.15) is 23.2 Å². The molecule has 1 aromatic heterocycles. The van der Waals surface area contributed by atoms with E-state index in [1.165, 1.54) is 0 Å². The summed E-state index contributed by atoms with van der Waals surface area (Å²) in [6, 6.07) is 3.40. The lowest BCUT2D eigenvalue weighted by atomic mass is 10.3. The topological polar surface area (TPSA) is 59.5 Å². The fourth-order valence-corrected chi connectivity index (χ4v) is 1.38. The maximum absolute atomic E-state index is 11.8. The Morgan fingerprint density at radius 1 is 1.60 bits per heavy atom. The zero-order valence-corrected chi connectivity index (χ0v) is 9.63. The summed E-state index contributed by atoms with van der Waals surface area (Å²) in [7, 11) is 0. The van der Waals surface area contributed by atoms with Crippen LogP contribution in [0, 0.1) is 6.92 Å². The van der Waals surface area contributed by atoms with E-state index in [1.54, 1.807) is 24.0 Å². The van der Waals surface area contributed by atoms with E-state index in [4.69, 9.17) is 22.4 Å². The van der Waals surface area contributed by atoms with Gasteiger partial charge in [0.25, 0.3) is 5.91 Å². The van der Waals surface area contributed by atoms with Crippen LogP contribution in [0.15, 0.2) is 16.5 Å². The van der Waals surface area contributed by atoms with Gasteiger partial charge in [-0.05, 0) is 26.0 Å². The second kappa shape index (κ2) is 4.93. The van der Waals surface area contributed by atoms with Crippen molar-refractivity contribution in [3.63, 3.8) is 0 Å². The molecule has 0 bridgehead atoms. The molecule has 0 fully saturated rings. The minimum atomic E-state index is -0.182. The first-order chi connectivity index (χ1) is 7.04. The van der Waals surface area contributed by atoms with Gasteiger partial charge in [-0.15, -0.1) is 0 Å². The molecule has 0 spiro atoms. The van der Waals surface area contributed by atoms with Gasteiger partial charge in [0.2, 0.25) is 0 Å². The summed E-state index contributed by atoms with van der Waals surface area (Å²) in [5, 5.41) is 0. The summed E-state index contributed by atoms with van der Waals surface area (Å²) in [6.45, 7) is 4.49. The molecule has 1 aromatic rings. The summed E-state index contributed by atoms with van der Waals surface area (Å²) in [4.78, 5) is 13.7. The number of hydrogen-bond acceptors (Lipinski definition) is 3. The number of rotatable bonds is 4. The lowest BCUT2D eigenvalue weighted by molar-refractivity contribution is 0.0755. The van der Waals surface area contributed by atoms with Gasteiger partial charge in [0.1, 0.15) is 5.76 Å². The maximum Gasteiger partial charge on any atom is 0.289 e. The standard InChI is InChI=1S/C10H14N2O2S/c1-3-12(6-9(11)15)10(13)8-5-4-7(2)14-8/h4-5H,3,6H2,1-2H3,(H2,11,15). The first-order valence-electron chi connectivity index (χ1n) is 4.68. The fraction of sp³-hybridized carbons (Fsp3) is 0.400. The molecule has 2 N–H and O–H groups in total. The lowest BCUT2D eigenvalue weighted by Crippen LogP contribution is -2.37. The monoisotopic (exact) mass is 226 g/mol. The third-order valence-electron chi connectivity index (χ3n) is 1.97. The quantitative estimate of drug-likeness (QED) is 0.787. The summed E-state index contributed by atoms with van der Waals surface area (Å²) >= 11 is 4.77. The molecule has 5 heteroatoms. The molecule has 0 atom stereocenters. The molecule has 1 rings (SSSR count). The van der Waals surface area contributed by atoms with Gasteiger partial charge in [0.15, 0.2) is 5.76 Å². The summed E-state index contributed by atoms with van der Waals surface area (Å²) in [5.74, 6) is 0.855. The van der Waals surface area contributed by atoms with Gasteiger partial charge in [0.05, 0.1) is 11.5 Å². The number of carbonyl (C=O) groups excluding carboxylic acids is 1. The van der Waals surface area contributed by atoms with E-state index in [9.17, 15) is 4.79 Å². The second-order valence-corrected chi connectivity index (χ2v) is 3.72. The van der Waals surface area contributed by atoms with Crippen molar-refractivity contribution in [1.82, 2.24) is 4.90 Å². The molecule has 0 saturated carbocycles. The number of furan rings is 1. The van der Waals surface area contributed by atoms with Gasteiger partial charge >= 0.3 is 0 Å². The normalized spacial score (nSPS) is 10.0. The highest BCUT2D eigenvalue weighted by Gasteiger charge is 2.17. The van der Waals surface area contributed by atoms with Crippen LogP contribution in [0.3, 0.4) is 0 Å². The Bertz CT molecular complexity index is 373. The van der Waals surface area contributed by atoms with Crippen LogP contribution < -0.4 is 5.73 Å². The maximum atomic E-state index is 11.8. The molecule has 0 aliphatic heterocycles. The van der Waals surface area contributed by atoms with E-state index < -0.39 is 0 Å². The van der Waals surface area contributed by atoms with Crippen molar-refractivity contribution < 1.29 is 9.21 Å². The number of carbonyl (C=O) groups is 1. The van der Waals surface area contributed by atoms with E-state index in [-0.39, 0.29) is 12.5 Å². The molecule has 1 heterocycles. The second-order valence-electron chi connectivity index (χ2n) is 3.20. The molecule has 0 unspecified atom stereocenters. The molecule has 0 aliphatic rings. The predicted octanol–water partition coefficient (Wildman–Crippen LogP) is 1.34. The first kappa shape index (κ1) is 11.7. The van der Waals surface area contributed by atoms with Crippen molar-refractivity contribution in [3.8, 4) is 0 Å². The highest BCUT2D eigenvalue weighted by Crippen LogP contribution is 2.09. The van der Waals surface area contributed by atoms with Crippen molar-refractivity contribution in [2.45, 2.75) is 13.8 Å². The molecule has 15 heavy (non-hydrogen) atoms. The van der Waals surface area contributed by atoms with Gasteiger partial charge in [-0.3, -0.25) is 4.79 Å². The molecular weight excluding hydrogens is 212 g/mol. The van der Waals surface area contributed by atoms with E-state index in [1.807, 2.05) is 6.92 Å². The van der Waals surface area contributed by atoms with Crippen LogP contribution in [0.25, 0.3) is 0 Å². The SMILES string of the molecule is CCN(CC(N)=S)C(=O)c1ccc(C)o1. The largest absolute Gasteiger partial charge is 0.456 e. The molecule has 82 valence electrons. The summed E-state index contributed by atoms with van der Waals surface area (Å²) < 4.78 is 5.23. The van der Waals surface area contributed by atoms with Gasteiger partial charge < -0.3 is 15.1 Å². The number of nitrogens with zero attached hydrogens (tertiary/aromatic N) is 1. The number of thiocarbonyl (C=S) groups is 1. The van der Waals surface area contributed by atoms with Crippen molar-refractivity contribution >= 4 is 23.1 Å². The Morgan fingerprint density at radius 2 is 2.27 bits per heavy atom. The molecule has 1 amide bonds. The van der Waals surface area contributed by atoms with Crippen LogP contribution >= 0.6 is 12.2 Å². The summed E-state index contributed by atoms with van der Waals surface area (Å²) in [5.41, 5.74) is 5.40. The third kappa shape index (κ3) is 3.06. The van der Waals surface area contributed by atoms with Crippen LogP contribution in [0.5, 0.6) is 0 Å². The van der Waals surface area contributed by atoms with Crippen LogP contribution in [-0.4, -0.2) is 28.9 Å². The predicted molar refractivity (Wildman–Crippen MR) is 61.8 cm³/mol. The van der Waals surface area contributed by atoms with Crippen molar-refractivity contribution in [2.24, 2.45) is 5.73 Å². The Morgan fingerprint density at radius 3 is 2.67 bits per heavy atom. The van der Waals surface area contributed by atoms with Crippen LogP contribution in [-0.2, 0) is 0 Å². The highest BCUT2D eigenvalue weighted by atomic mass is 32.1. The number of aryl methyl sites for hydroxylation is 1. The molecule has 0 aliphatic carbocycles. The number of likely N-dealkylation sites (N-methyl/N-ethyl adjacent to an activating group) is 1. The van der Waals surface area contributed by atoms with Gasteiger partial charge in [-0.25, -0.2) is 0 Å². The zero-order valence-electron chi connectivity index (χ0n) is 8.82. The highest BCUT2D eigenvalue weighted by molar-refractivity contribution is 7.80. The van der Waals surface area contributed by atoms with E-state index in [0.29, 0.717) is 23.1 Å². The molecular formula is C10H14N2O2S. The summed E-state index contributed by atoms with van der Waals surface area (Å²) in [6.07, 6.45) is 0. The average molecular weight is 226 g/mol. The Hall–Kier alpha value is -1.36. The average Bonchev–Trinajstić information content (AvgIpc) is 2.60. The van der Waals surface area contributed by atoms with E-state index in [2.05, 4.69) is 0 Å². The lowest BCUT2D eigenvalue weighted by Gasteiger charge is -2.18. The van der Waals surface area contributed by atoms with Gasteiger partial charge in [-0.2, -0.15) is 0 Å². The van der Waals surface area contributed by atoms with Crippen molar-refractivity contribution in [3.05, 3.63) is 23.7 Å². The molecule has 4 nitrogen and oxygen atoms in total. The van der Waals surface area contributed by atoms with Gasteiger partial charge in [0, 0.05) is 6.54 Å². The first-order valence-corrected chi connectivity index (χ1v) is 5.09. The van der Waals surface area contributed by atoms with E-state index >= 15 is 0 Å². The minimum absolute atomic E-state index is 0.182. The molecule has 0 aromatic carbocycles. The zero-order chi connectivity index (χ0) is 11.4. The minimum Gasteiger partial charge on any atom is -0.456 e. The third-order valence-corrected chi connectivity index (χ3v) is 2.10. The van der Waals surface area contributed by atoms with E-state index in [0.717, 1.165) is 0 Å². The number of amides is 1. The Labute approximate surface area is 94.0 Å². The number of hydrogen-bond donors (Lipinski definition) is 1. The molecule has 0 saturated heterocycles. The smallest absolute Gasteiger partial charge is 0.289 e. The Kier molecular flexibility index (Phi) is 3.85. The molecule has 0 radical (unpaired) electrons. The van der Waals surface area contributed by atoms with Gasteiger partial charge in [-0.1, -0.05) is 12.2 Å². The van der Waals surface area contributed by atoms with Crippen LogP contribution in [0.4, 0.5) is 0 Å². The fourth-order valence-electron chi connectivity index (χ4n) is 1.22. The van der Waals surface area contributed by atoms with Crippen molar-refractivity contribution in [1.29, 1.82) is 0 Å². The van der Waals surface area contributed by atoms with Crippen LogP contribution in [0.2, 0.25) is 0 Å².